The van der Waals surface area contributed by atoms with Crippen LogP contribution >= 0.6 is 0 Å². The van der Waals surface area contributed by atoms with E-state index in [2.05, 4.69) is 26.9 Å². The molecule has 0 radical (unpaired) electrons. The molecule has 2 N–H and O–H groups in total. The first kappa shape index (κ1) is 17.8. The van der Waals surface area contributed by atoms with E-state index in [1.54, 1.807) is 0 Å². The van der Waals surface area contributed by atoms with Crippen LogP contribution in [0.5, 0.6) is 0 Å². The lowest BCUT2D eigenvalue weighted by Crippen LogP contribution is -2.51. The van der Waals surface area contributed by atoms with Crippen LogP contribution in [0.25, 0.3) is 0 Å². The number of aromatic amines is 1. The molecule has 2 fully saturated rings. The Hall–Kier alpha value is -2.05. The molecule has 7 heteroatoms. The zero-order chi connectivity index (χ0) is 18.2. The quantitative estimate of drug-likeness (QED) is 0.855. The van der Waals surface area contributed by atoms with Crippen molar-refractivity contribution in [3.8, 4) is 0 Å². The van der Waals surface area contributed by atoms with Crippen molar-refractivity contribution in [2.24, 2.45) is 11.3 Å². The second kappa shape index (κ2) is 6.69. The highest BCUT2D eigenvalue weighted by Gasteiger charge is 2.55. The third-order valence-corrected chi connectivity index (χ3v) is 5.48. The first-order valence-electron chi connectivity index (χ1n) is 9.08. The number of carbonyl (C=O) groups is 2. The summed E-state index contributed by atoms with van der Waals surface area (Å²) in [6.07, 6.45) is 5.42. The van der Waals surface area contributed by atoms with Crippen molar-refractivity contribution in [1.82, 2.24) is 20.2 Å². The van der Waals surface area contributed by atoms with Gasteiger partial charge in [0.15, 0.2) is 0 Å². The number of imidazole rings is 1. The van der Waals surface area contributed by atoms with Crippen LogP contribution in [0.3, 0.4) is 0 Å². The number of alkyl carbamates (subject to hydrolysis) is 1. The number of hydrogen-bond donors (Lipinski definition) is 2. The Morgan fingerprint density at radius 3 is 2.72 bits per heavy atom. The molecule has 1 saturated heterocycles. The van der Waals surface area contributed by atoms with Crippen LogP contribution in [-0.2, 0) is 16.0 Å². The van der Waals surface area contributed by atoms with Gasteiger partial charge in [-0.2, -0.15) is 0 Å². The summed E-state index contributed by atoms with van der Waals surface area (Å²) >= 11 is 0. The van der Waals surface area contributed by atoms with Gasteiger partial charge in [-0.3, -0.25) is 4.79 Å². The van der Waals surface area contributed by atoms with E-state index >= 15 is 0 Å². The van der Waals surface area contributed by atoms with Crippen LogP contribution in [0.15, 0.2) is 6.20 Å². The molecule has 1 spiro atoms. The average Bonchev–Trinajstić information content (AvgIpc) is 3.02. The summed E-state index contributed by atoms with van der Waals surface area (Å²) in [4.78, 5) is 34.7. The number of nitrogens with zero attached hydrogens (tertiary/aromatic N) is 2. The van der Waals surface area contributed by atoms with Crippen LogP contribution in [0.1, 0.15) is 57.6 Å². The van der Waals surface area contributed by atoms with E-state index in [1.165, 1.54) is 7.11 Å². The molecule has 1 aliphatic carbocycles. The lowest BCUT2D eigenvalue weighted by Gasteiger charge is -2.30. The van der Waals surface area contributed by atoms with Gasteiger partial charge >= 0.3 is 6.09 Å². The molecule has 1 aromatic heterocycles. The number of amides is 2. The molecule has 2 heterocycles. The summed E-state index contributed by atoms with van der Waals surface area (Å²) in [5.74, 6) is 0.781. The third kappa shape index (κ3) is 3.50. The summed E-state index contributed by atoms with van der Waals surface area (Å²) in [5, 5.41) is 2.70. The molecule has 1 aliphatic heterocycles. The Labute approximate surface area is 148 Å². The minimum Gasteiger partial charge on any atom is -0.453 e. The molecule has 2 amide bonds. The fraction of sp³-hybridized carbons (Fsp3) is 0.722. The van der Waals surface area contributed by atoms with E-state index in [1.807, 2.05) is 24.9 Å². The average molecular weight is 348 g/mol. The molecule has 2 aliphatic rings. The Bertz CT molecular complexity index is 651. The number of aromatic nitrogens is 2. The number of methoxy groups -OCH3 is 1. The van der Waals surface area contributed by atoms with Crippen molar-refractivity contribution in [3.63, 3.8) is 0 Å². The normalized spacial score (nSPS) is 22.3. The van der Waals surface area contributed by atoms with E-state index in [0.717, 1.165) is 43.7 Å². The Kier molecular flexibility index (Phi) is 4.75. The molecular weight excluding hydrogens is 320 g/mol. The fourth-order valence-electron chi connectivity index (χ4n) is 3.67. The Morgan fingerprint density at radius 2 is 2.20 bits per heavy atom. The Morgan fingerprint density at radius 1 is 1.48 bits per heavy atom. The summed E-state index contributed by atoms with van der Waals surface area (Å²) in [5.41, 5.74) is 1.32. The fourth-order valence-corrected chi connectivity index (χ4v) is 3.67. The molecule has 3 rings (SSSR count). The van der Waals surface area contributed by atoms with Gasteiger partial charge in [0.2, 0.25) is 5.91 Å². The zero-order valence-corrected chi connectivity index (χ0v) is 15.5. The maximum atomic E-state index is 13.2. The predicted octanol–water partition coefficient (Wildman–Crippen LogP) is 2.41. The summed E-state index contributed by atoms with van der Waals surface area (Å²) in [7, 11) is 1.31. The Balaban J connectivity index is 1.83. The largest absolute Gasteiger partial charge is 0.453 e. The molecule has 138 valence electrons. The van der Waals surface area contributed by atoms with Crippen LogP contribution < -0.4 is 5.32 Å². The van der Waals surface area contributed by atoms with Crippen molar-refractivity contribution in [1.29, 1.82) is 0 Å². The topological polar surface area (TPSA) is 87.3 Å². The third-order valence-electron chi connectivity index (χ3n) is 5.48. The second-order valence-electron chi connectivity index (χ2n) is 7.69. The number of hydrogen-bond acceptors (Lipinski definition) is 4. The molecule has 1 saturated carbocycles. The number of ether oxygens (including phenoxy) is 1. The van der Waals surface area contributed by atoms with Crippen LogP contribution in [0.2, 0.25) is 0 Å². The molecular formula is C18H28N4O3. The summed E-state index contributed by atoms with van der Waals surface area (Å²) in [6, 6.07) is -0.638. The summed E-state index contributed by atoms with van der Waals surface area (Å²) < 4.78 is 4.69. The van der Waals surface area contributed by atoms with Crippen molar-refractivity contribution >= 4 is 12.0 Å². The van der Waals surface area contributed by atoms with Gasteiger partial charge < -0.3 is 19.9 Å². The number of likely N-dealkylation sites (tertiary alicyclic amines) is 1. The van der Waals surface area contributed by atoms with E-state index in [-0.39, 0.29) is 23.3 Å². The standard InChI is InChI=1S/C18H28N4O3/c1-5-12-9-19-15(20-12)13-8-18(6-7-18)10-22(13)16(23)14(11(2)3)21-17(24)25-4/h9,11,13-14H,5-8,10H2,1-4H3,(H,19,20)(H,21,24). The molecule has 1 aromatic rings. The van der Waals surface area contributed by atoms with E-state index in [9.17, 15) is 9.59 Å². The van der Waals surface area contributed by atoms with Gasteiger partial charge in [-0.15, -0.1) is 0 Å². The highest BCUT2D eigenvalue weighted by atomic mass is 16.5. The molecule has 2 unspecified atom stereocenters. The monoisotopic (exact) mass is 348 g/mol. The maximum absolute atomic E-state index is 13.2. The van der Waals surface area contributed by atoms with Gasteiger partial charge in [-0.1, -0.05) is 20.8 Å². The van der Waals surface area contributed by atoms with E-state index in [4.69, 9.17) is 0 Å². The van der Waals surface area contributed by atoms with E-state index < -0.39 is 12.1 Å². The number of carbonyl (C=O) groups excluding carboxylic acids is 2. The number of H-pyrrole nitrogens is 1. The van der Waals surface area contributed by atoms with Crippen LogP contribution in [-0.4, -0.2) is 46.6 Å². The minimum absolute atomic E-state index is 0.0224. The van der Waals surface area contributed by atoms with E-state index in [0.29, 0.717) is 0 Å². The maximum Gasteiger partial charge on any atom is 0.407 e. The van der Waals surface area contributed by atoms with Crippen molar-refractivity contribution < 1.29 is 14.3 Å². The van der Waals surface area contributed by atoms with Crippen LogP contribution in [0, 0.1) is 11.3 Å². The first-order chi connectivity index (χ1) is 11.9. The van der Waals surface area contributed by atoms with Gasteiger partial charge in [0.1, 0.15) is 11.9 Å². The molecule has 25 heavy (non-hydrogen) atoms. The van der Waals surface area contributed by atoms with Gasteiger partial charge in [0, 0.05) is 18.4 Å². The lowest BCUT2D eigenvalue weighted by atomic mass is 10.0. The number of nitrogens with one attached hydrogen (secondary N) is 2. The van der Waals surface area contributed by atoms with Crippen molar-refractivity contribution in [3.05, 3.63) is 17.7 Å². The SMILES string of the molecule is CCc1cnc(C2CC3(CC3)CN2C(=O)C(NC(=O)OC)C(C)C)[nH]1. The smallest absolute Gasteiger partial charge is 0.407 e. The molecule has 2 atom stereocenters. The highest BCUT2D eigenvalue weighted by Crippen LogP contribution is 2.58. The van der Waals surface area contributed by atoms with Gasteiger partial charge in [-0.05, 0) is 37.0 Å². The highest BCUT2D eigenvalue weighted by molar-refractivity contribution is 5.86. The van der Waals surface area contributed by atoms with Crippen LogP contribution in [0.4, 0.5) is 4.79 Å². The van der Waals surface area contributed by atoms with Gasteiger partial charge in [-0.25, -0.2) is 9.78 Å². The lowest BCUT2D eigenvalue weighted by molar-refractivity contribution is -0.135. The molecule has 0 bridgehead atoms. The van der Waals surface area contributed by atoms with Crippen molar-refractivity contribution in [2.75, 3.05) is 13.7 Å². The molecule has 7 nitrogen and oxygen atoms in total. The molecule has 0 aromatic carbocycles. The summed E-state index contributed by atoms with van der Waals surface area (Å²) in [6.45, 7) is 6.67. The van der Waals surface area contributed by atoms with Gasteiger partial charge in [0.25, 0.3) is 0 Å². The first-order valence-corrected chi connectivity index (χ1v) is 9.08. The zero-order valence-electron chi connectivity index (χ0n) is 15.5. The minimum atomic E-state index is -0.593. The van der Waals surface area contributed by atoms with Crippen molar-refractivity contribution in [2.45, 2.75) is 58.5 Å². The number of aryl methyl sites for hydroxylation is 1. The number of rotatable bonds is 5. The predicted molar refractivity (Wildman–Crippen MR) is 92.9 cm³/mol. The van der Waals surface area contributed by atoms with Gasteiger partial charge in [0.05, 0.1) is 13.2 Å². The second-order valence-corrected chi connectivity index (χ2v) is 7.69.